The van der Waals surface area contributed by atoms with Crippen molar-refractivity contribution in [2.24, 2.45) is 5.92 Å². The summed E-state index contributed by atoms with van der Waals surface area (Å²) in [4.78, 5) is 26.7. The molecule has 0 saturated heterocycles. The van der Waals surface area contributed by atoms with E-state index in [1.807, 2.05) is 39.1 Å². The molecule has 5 heteroatoms. The van der Waals surface area contributed by atoms with E-state index in [1.165, 1.54) is 0 Å². The van der Waals surface area contributed by atoms with Crippen LogP contribution in [0.2, 0.25) is 0 Å². The first kappa shape index (κ1) is 21.2. The van der Waals surface area contributed by atoms with Crippen molar-refractivity contribution in [1.29, 1.82) is 0 Å². The molecule has 1 rings (SSSR count). The van der Waals surface area contributed by atoms with Crippen LogP contribution in [0, 0.1) is 12.8 Å². The molecule has 5 nitrogen and oxygen atoms in total. The van der Waals surface area contributed by atoms with Gasteiger partial charge in [-0.3, -0.25) is 9.59 Å². The fourth-order valence-corrected chi connectivity index (χ4v) is 2.40. The highest BCUT2D eigenvalue weighted by Crippen LogP contribution is 2.24. The highest BCUT2D eigenvalue weighted by molar-refractivity contribution is 6.00. The van der Waals surface area contributed by atoms with Gasteiger partial charge in [-0.1, -0.05) is 26.3 Å². The standard InChI is InChI=1S/C20H33N3O2/c1-7-8-9-19(24)21-17-11-10-15(4)12-18(17)22-20(25)16(5)13-23(6)14(2)3/h10-12,14,16H,7-9,13H2,1-6H3,(H,21,24)(H,22,25)/t16-/m0/s1. The summed E-state index contributed by atoms with van der Waals surface area (Å²) in [7, 11) is 2.01. The summed E-state index contributed by atoms with van der Waals surface area (Å²) in [6.07, 6.45) is 2.33. The van der Waals surface area contributed by atoms with Gasteiger partial charge in [0.25, 0.3) is 0 Å². The van der Waals surface area contributed by atoms with E-state index in [0.717, 1.165) is 18.4 Å². The van der Waals surface area contributed by atoms with Crippen LogP contribution in [-0.2, 0) is 9.59 Å². The highest BCUT2D eigenvalue weighted by atomic mass is 16.2. The summed E-state index contributed by atoms with van der Waals surface area (Å²) < 4.78 is 0. The van der Waals surface area contributed by atoms with Gasteiger partial charge in [-0.05, 0) is 51.9 Å². The summed E-state index contributed by atoms with van der Waals surface area (Å²) in [5, 5.41) is 5.89. The van der Waals surface area contributed by atoms with Crippen molar-refractivity contribution >= 4 is 23.2 Å². The minimum atomic E-state index is -0.142. The molecule has 0 saturated carbocycles. The summed E-state index contributed by atoms with van der Waals surface area (Å²) in [6.45, 7) is 10.8. The van der Waals surface area contributed by atoms with Gasteiger partial charge >= 0.3 is 0 Å². The van der Waals surface area contributed by atoms with Gasteiger partial charge in [-0.15, -0.1) is 0 Å². The van der Waals surface area contributed by atoms with Crippen LogP contribution in [-0.4, -0.2) is 36.3 Å². The maximum absolute atomic E-state index is 12.5. The van der Waals surface area contributed by atoms with Crippen molar-refractivity contribution in [3.63, 3.8) is 0 Å². The smallest absolute Gasteiger partial charge is 0.228 e. The number of carbonyl (C=O) groups is 2. The van der Waals surface area contributed by atoms with Crippen molar-refractivity contribution in [2.45, 2.75) is 59.9 Å². The normalized spacial score (nSPS) is 12.3. The van der Waals surface area contributed by atoms with Crippen LogP contribution >= 0.6 is 0 Å². The van der Waals surface area contributed by atoms with Gasteiger partial charge in [0.1, 0.15) is 0 Å². The number of benzene rings is 1. The molecule has 2 amide bonds. The second kappa shape index (κ2) is 10.2. The van der Waals surface area contributed by atoms with Crippen molar-refractivity contribution in [3.8, 4) is 0 Å². The molecule has 140 valence electrons. The largest absolute Gasteiger partial charge is 0.324 e. The number of aryl methyl sites for hydroxylation is 1. The van der Waals surface area contributed by atoms with E-state index in [9.17, 15) is 9.59 Å². The second-order valence-electron chi connectivity index (χ2n) is 7.12. The molecule has 0 spiro atoms. The van der Waals surface area contributed by atoms with Gasteiger partial charge in [0.15, 0.2) is 0 Å². The minimum absolute atomic E-state index is 0.0196. The highest BCUT2D eigenvalue weighted by Gasteiger charge is 2.18. The van der Waals surface area contributed by atoms with Gasteiger partial charge in [0.2, 0.25) is 11.8 Å². The van der Waals surface area contributed by atoms with Crippen molar-refractivity contribution in [3.05, 3.63) is 23.8 Å². The fourth-order valence-electron chi connectivity index (χ4n) is 2.40. The van der Waals surface area contributed by atoms with Gasteiger partial charge in [0.05, 0.1) is 11.4 Å². The molecule has 0 fully saturated rings. The first-order valence-electron chi connectivity index (χ1n) is 9.16. The SMILES string of the molecule is CCCCC(=O)Nc1ccc(C)cc1NC(=O)[C@@H](C)CN(C)C(C)C. The summed E-state index contributed by atoms with van der Waals surface area (Å²) in [5.41, 5.74) is 2.35. The zero-order valence-electron chi connectivity index (χ0n) is 16.5. The van der Waals surface area contributed by atoms with Gasteiger partial charge in [-0.2, -0.15) is 0 Å². The molecule has 1 aromatic carbocycles. The lowest BCUT2D eigenvalue weighted by molar-refractivity contribution is -0.120. The molecule has 0 bridgehead atoms. The zero-order chi connectivity index (χ0) is 19.0. The predicted molar refractivity (Wildman–Crippen MR) is 105 cm³/mol. The van der Waals surface area contributed by atoms with Crippen LogP contribution in [0.3, 0.4) is 0 Å². The Kier molecular flexibility index (Phi) is 8.62. The van der Waals surface area contributed by atoms with Crippen LogP contribution in [0.15, 0.2) is 18.2 Å². The number of carbonyl (C=O) groups excluding carboxylic acids is 2. The van der Waals surface area contributed by atoms with Crippen LogP contribution in [0.4, 0.5) is 11.4 Å². The lowest BCUT2D eigenvalue weighted by Gasteiger charge is -2.24. The van der Waals surface area contributed by atoms with Crippen LogP contribution in [0.5, 0.6) is 0 Å². The Morgan fingerprint density at radius 3 is 2.40 bits per heavy atom. The molecule has 0 unspecified atom stereocenters. The topological polar surface area (TPSA) is 61.4 Å². The molecule has 2 N–H and O–H groups in total. The summed E-state index contributed by atoms with van der Waals surface area (Å²) >= 11 is 0. The first-order chi connectivity index (χ1) is 11.7. The van der Waals surface area contributed by atoms with Gasteiger partial charge in [-0.25, -0.2) is 0 Å². The van der Waals surface area contributed by atoms with Gasteiger partial charge in [0, 0.05) is 24.9 Å². The maximum atomic E-state index is 12.5. The number of nitrogens with one attached hydrogen (secondary N) is 2. The average Bonchev–Trinajstić information content (AvgIpc) is 2.55. The Morgan fingerprint density at radius 2 is 1.80 bits per heavy atom. The van der Waals surface area contributed by atoms with E-state index < -0.39 is 0 Å². The second-order valence-corrected chi connectivity index (χ2v) is 7.12. The average molecular weight is 348 g/mol. The van der Waals surface area contributed by atoms with Crippen molar-refractivity contribution < 1.29 is 9.59 Å². The molecule has 1 aromatic rings. The number of nitrogens with zero attached hydrogens (tertiary/aromatic N) is 1. The van der Waals surface area contributed by atoms with Crippen LogP contribution < -0.4 is 10.6 Å². The number of rotatable bonds is 9. The van der Waals surface area contributed by atoms with E-state index in [-0.39, 0.29) is 17.7 Å². The molecular weight excluding hydrogens is 314 g/mol. The Balaban J connectivity index is 2.80. The van der Waals surface area contributed by atoms with E-state index in [2.05, 4.69) is 36.3 Å². The Morgan fingerprint density at radius 1 is 1.12 bits per heavy atom. The molecule has 0 aliphatic carbocycles. The Bertz CT molecular complexity index is 584. The third-order valence-electron chi connectivity index (χ3n) is 4.36. The molecule has 1 atom stereocenters. The molecule has 25 heavy (non-hydrogen) atoms. The fraction of sp³-hybridized carbons (Fsp3) is 0.600. The predicted octanol–water partition coefficient (Wildman–Crippen LogP) is 4.04. The number of hydrogen-bond donors (Lipinski definition) is 2. The van der Waals surface area contributed by atoms with E-state index in [4.69, 9.17) is 0 Å². The van der Waals surface area contributed by atoms with E-state index in [1.54, 1.807) is 0 Å². The molecule has 0 aliphatic rings. The van der Waals surface area contributed by atoms with Crippen LogP contribution in [0.1, 0.15) is 52.5 Å². The van der Waals surface area contributed by atoms with Crippen molar-refractivity contribution in [2.75, 3.05) is 24.2 Å². The van der Waals surface area contributed by atoms with Crippen molar-refractivity contribution in [1.82, 2.24) is 4.90 Å². The third kappa shape index (κ3) is 7.26. The monoisotopic (exact) mass is 347 g/mol. The molecular formula is C20H33N3O2. The minimum Gasteiger partial charge on any atom is -0.324 e. The Hall–Kier alpha value is -1.88. The quantitative estimate of drug-likeness (QED) is 0.709. The zero-order valence-corrected chi connectivity index (χ0v) is 16.5. The van der Waals surface area contributed by atoms with Crippen LogP contribution in [0.25, 0.3) is 0 Å². The lowest BCUT2D eigenvalue weighted by Crippen LogP contribution is -2.35. The number of unbranched alkanes of at least 4 members (excludes halogenated alkanes) is 1. The molecule has 0 heterocycles. The van der Waals surface area contributed by atoms with E-state index in [0.29, 0.717) is 30.4 Å². The molecule has 0 aromatic heterocycles. The number of amides is 2. The Labute approximate surface area is 152 Å². The summed E-state index contributed by atoms with van der Waals surface area (Å²) in [5.74, 6) is -0.201. The maximum Gasteiger partial charge on any atom is 0.228 e. The first-order valence-corrected chi connectivity index (χ1v) is 9.16. The summed E-state index contributed by atoms with van der Waals surface area (Å²) in [6, 6.07) is 6.06. The van der Waals surface area contributed by atoms with E-state index >= 15 is 0 Å². The third-order valence-corrected chi connectivity index (χ3v) is 4.36. The lowest BCUT2D eigenvalue weighted by atomic mass is 10.1. The van der Waals surface area contributed by atoms with Gasteiger partial charge < -0.3 is 15.5 Å². The molecule has 0 aliphatic heterocycles. The number of anilines is 2. The molecule has 0 radical (unpaired) electrons. The number of hydrogen-bond acceptors (Lipinski definition) is 3.